The van der Waals surface area contributed by atoms with E-state index in [0.29, 0.717) is 16.0 Å². The molecule has 0 radical (unpaired) electrons. The fourth-order valence-electron chi connectivity index (χ4n) is 2.16. The quantitative estimate of drug-likeness (QED) is 0.576. The van der Waals surface area contributed by atoms with Crippen LogP contribution in [-0.4, -0.2) is 9.97 Å². The van der Waals surface area contributed by atoms with Gasteiger partial charge < -0.3 is 0 Å². The molecular formula is C16H12Cl2N2. The Bertz CT molecular complexity index is 813. The Morgan fingerprint density at radius 3 is 2.45 bits per heavy atom. The van der Waals surface area contributed by atoms with Gasteiger partial charge in [0, 0.05) is 16.0 Å². The third-order valence-corrected chi connectivity index (χ3v) is 4.00. The zero-order valence-corrected chi connectivity index (χ0v) is 12.6. The SMILES string of the molecule is Cc1ccc(-c2nc(Cl)c3c(C)cccc3n2)cc1Cl. The first-order valence-electron chi connectivity index (χ1n) is 6.25. The van der Waals surface area contributed by atoms with Crippen LogP contribution in [0.15, 0.2) is 36.4 Å². The molecule has 0 N–H and O–H groups in total. The lowest BCUT2D eigenvalue weighted by molar-refractivity contribution is 1.22. The van der Waals surface area contributed by atoms with Crippen LogP contribution in [0.4, 0.5) is 0 Å². The number of fused-ring (bicyclic) bond motifs is 1. The van der Waals surface area contributed by atoms with Crippen LogP contribution >= 0.6 is 23.2 Å². The molecule has 20 heavy (non-hydrogen) atoms. The van der Waals surface area contributed by atoms with Crippen molar-refractivity contribution >= 4 is 34.1 Å². The lowest BCUT2D eigenvalue weighted by atomic mass is 10.1. The highest BCUT2D eigenvalue weighted by Gasteiger charge is 2.10. The van der Waals surface area contributed by atoms with E-state index in [4.69, 9.17) is 23.2 Å². The number of hydrogen-bond acceptors (Lipinski definition) is 2. The van der Waals surface area contributed by atoms with Gasteiger partial charge in [-0.2, -0.15) is 0 Å². The lowest BCUT2D eigenvalue weighted by Gasteiger charge is -2.07. The number of benzene rings is 2. The van der Waals surface area contributed by atoms with Crippen molar-refractivity contribution in [2.75, 3.05) is 0 Å². The zero-order valence-electron chi connectivity index (χ0n) is 11.1. The van der Waals surface area contributed by atoms with Gasteiger partial charge in [0.05, 0.1) is 5.52 Å². The summed E-state index contributed by atoms with van der Waals surface area (Å²) in [6.45, 7) is 3.96. The van der Waals surface area contributed by atoms with Crippen molar-refractivity contribution in [3.05, 3.63) is 57.7 Å². The van der Waals surface area contributed by atoms with E-state index in [1.54, 1.807) is 0 Å². The molecule has 0 saturated carbocycles. The molecule has 0 amide bonds. The van der Waals surface area contributed by atoms with E-state index in [0.717, 1.165) is 27.6 Å². The second-order valence-corrected chi connectivity index (χ2v) is 5.54. The van der Waals surface area contributed by atoms with E-state index >= 15 is 0 Å². The first-order chi connectivity index (χ1) is 9.56. The van der Waals surface area contributed by atoms with Crippen molar-refractivity contribution in [1.29, 1.82) is 0 Å². The minimum Gasteiger partial charge on any atom is -0.228 e. The second-order valence-electron chi connectivity index (χ2n) is 4.77. The third-order valence-electron chi connectivity index (χ3n) is 3.32. The van der Waals surface area contributed by atoms with E-state index in [1.165, 1.54) is 0 Å². The van der Waals surface area contributed by atoms with Crippen LogP contribution < -0.4 is 0 Å². The molecule has 0 atom stereocenters. The number of aromatic nitrogens is 2. The van der Waals surface area contributed by atoms with E-state index in [2.05, 4.69) is 9.97 Å². The van der Waals surface area contributed by atoms with Crippen molar-refractivity contribution in [3.8, 4) is 11.4 Å². The van der Waals surface area contributed by atoms with Crippen molar-refractivity contribution in [1.82, 2.24) is 9.97 Å². The zero-order chi connectivity index (χ0) is 14.3. The molecule has 0 bridgehead atoms. The fraction of sp³-hybridized carbons (Fsp3) is 0.125. The molecule has 3 aromatic rings. The predicted octanol–water partition coefficient (Wildman–Crippen LogP) is 5.22. The molecule has 1 aromatic heterocycles. The minimum atomic E-state index is 0.472. The molecule has 4 heteroatoms. The minimum absolute atomic E-state index is 0.472. The van der Waals surface area contributed by atoms with Crippen molar-refractivity contribution in [2.24, 2.45) is 0 Å². The van der Waals surface area contributed by atoms with Crippen LogP contribution in [-0.2, 0) is 0 Å². The molecule has 0 aliphatic rings. The molecule has 0 spiro atoms. The monoisotopic (exact) mass is 302 g/mol. The molecule has 100 valence electrons. The maximum atomic E-state index is 6.30. The van der Waals surface area contributed by atoms with Crippen molar-refractivity contribution in [3.63, 3.8) is 0 Å². The summed E-state index contributed by atoms with van der Waals surface area (Å²) in [5.41, 5.74) is 3.81. The van der Waals surface area contributed by atoms with Crippen LogP contribution in [0.5, 0.6) is 0 Å². The molecule has 0 aliphatic carbocycles. The Kier molecular flexibility index (Phi) is 3.36. The number of halogens is 2. The molecule has 2 aromatic carbocycles. The normalized spacial score (nSPS) is 11.0. The summed E-state index contributed by atoms with van der Waals surface area (Å²) < 4.78 is 0. The molecular weight excluding hydrogens is 291 g/mol. The fourth-order valence-corrected chi connectivity index (χ4v) is 2.67. The molecule has 1 heterocycles. The highest BCUT2D eigenvalue weighted by molar-refractivity contribution is 6.34. The molecule has 0 fully saturated rings. The molecule has 0 saturated heterocycles. The molecule has 3 rings (SSSR count). The van der Waals surface area contributed by atoms with Crippen molar-refractivity contribution in [2.45, 2.75) is 13.8 Å². The summed E-state index contributed by atoms with van der Waals surface area (Å²) in [7, 11) is 0. The van der Waals surface area contributed by atoms with Gasteiger partial charge in [-0.1, -0.05) is 47.5 Å². The van der Waals surface area contributed by atoms with E-state index in [1.807, 2.05) is 50.2 Å². The Hall–Kier alpha value is -1.64. The first kappa shape index (κ1) is 13.3. The van der Waals surface area contributed by atoms with Gasteiger partial charge in [-0.15, -0.1) is 0 Å². The van der Waals surface area contributed by atoms with Crippen LogP contribution in [0.2, 0.25) is 10.2 Å². The Labute approximate surface area is 127 Å². The van der Waals surface area contributed by atoms with E-state index < -0.39 is 0 Å². The Morgan fingerprint density at radius 2 is 1.70 bits per heavy atom. The average molecular weight is 303 g/mol. The highest BCUT2D eigenvalue weighted by Crippen LogP contribution is 2.28. The molecule has 0 unspecified atom stereocenters. The predicted molar refractivity (Wildman–Crippen MR) is 84.5 cm³/mol. The first-order valence-corrected chi connectivity index (χ1v) is 7.01. The number of aryl methyl sites for hydroxylation is 2. The van der Waals surface area contributed by atoms with Gasteiger partial charge in [-0.05, 0) is 37.1 Å². The highest BCUT2D eigenvalue weighted by atomic mass is 35.5. The maximum absolute atomic E-state index is 6.30. The van der Waals surface area contributed by atoms with Gasteiger partial charge in [0.2, 0.25) is 0 Å². The van der Waals surface area contributed by atoms with Crippen LogP contribution in [0.25, 0.3) is 22.3 Å². The number of rotatable bonds is 1. The summed E-state index contributed by atoms with van der Waals surface area (Å²) in [5.74, 6) is 0.593. The number of hydrogen-bond donors (Lipinski definition) is 0. The molecule has 2 nitrogen and oxygen atoms in total. The van der Waals surface area contributed by atoms with Gasteiger partial charge in [0.25, 0.3) is 0 Å². The second kappa shape index (κ2) is 5.04. The summed E-state index contributed by atoms with van der Waals surface area (Å²) in [6.07, 6.45) is 0. The van der Waals surface area contributed by atoms with Gasteiger partial charge in [-0.3, -0.25) is 0 Å². The Morgan fingerprint density at radius 1 is 0.900 bits per heavy atom. The van der Waals surface area contributed by atoms with Gasteiger partial charge in [0.1, 0.15) is 5.15 Å². The lowest BCUT2D eigenvalue weighted by Crippen LogP contribution is -1.93. The largest absolute Gasteiger partial charge is 0.228 e. The van der Waals surface area contributed by atoms with Crippen LogP contribution in [0.1, 0.15) is 11.1 Å². The Balaban J connectivity index is 2.25. The van der Waals surface area contributed by atoms with Gasteiger partial charge in [-0.25, -0.2) is 9.97 Å². The standard InChI is InChI=1S/C16H12Cl2N2/c1-9-6-7-11(8-12(9)17)16-19-13-5-3-4-10(2)14(13)15(18)20-16/h3-8H,1-2H3. The van der Waals surface area contributed by atoms with E-state index in [-0.39, 0.29) is 0 Å². The molecule has 0 aliphatic heterocycles. The van der Waals surface area contributed by atoms with E-state index in [9.17, 15) is 0 Å². The topological polar surface area (TPSA) is 25.8 Å². The van der Waals surface area contributed by atoms with Crippen LogP contribution in [0.3, 0.4) is 0 Å². The smallest absolute Gasteiger partial charge is 0.161 e. The summed E-state index contributed by atoms with van der Waals surface area (Å²) in [6, 6.07) is 11.7. The summed E-state index contributed by atoms with van der Waals surface area (Å²) in [5, 5.41) is 2.07. The van der Waals surface area contributed by atoms with Crippen molar-refractivity contribution < 1.29 is 0 Å². The summed E-state index contributed by atoms with van der Waals surface area (Å²) >= 11 is 12.5. The van der Waals surface area contributed by atoms with Gasteiger partial charge in [0.15, 0.2) is 5.82 Å². The number of nitrogens with zero attached hydrogens (tertiary/aromatic N) is 2. The van der Waals surface area contributed by atoms with Gasteiger partial charge >= 0.3 is 0 Å². The third kappa shape index (κ3) is 2.26. The maximum Gasteiger partial charge on any atom is 0.161 e. The average Bonchev–Trinajstić information content (AvgIpc) is 2.41. The van der Waals surface area contributed by atoms with Crippen LogP contribution in [0, 0.1) is 13.8 Å². The summed E-state index contributed by atoms with van der Waals surface area (Å²) in [4.78, 5) is 8.98.